The summed E-state index contributed by atoms with van der Waals surface area (Å²) in [6, 6.07) is 13.8. The molecule has 5 heteroatoms. The standard InChI is InChI=1S/C21H22N2O3/c1-4-24-18-11-9-16(14-19(18)25-5-2)10-12-20-22-21(23-26-20)17-8-6-7-15(3)13-17/h6-14H,4-5H2,1-3H3/b12-10+. The second kappa shape index (κ2) is 8.34. The predicted molar refractivity (Wildman–Crippen MR) is 102 cm³/mol. The molecule has 0 saturated heterocycles. The topological polar surface area (TPSA) is 57.4 Å². The maximum Gasteiger partial charge on any atom is 0.250 e. The van der Waals surface area contributed by atoms with E-state index in [2.05, 4.69) is 10.1 Å². The highest BCUT2D eigenvalue weighted by molar-refractivity contribution is 5.68. The zero-order chi connectivity index (χ0) is 18.4. The van der Waals surface area contributed by atoms with Gasteiger partial charge in [0.25, 0.3) is 5.89 Å². The molecule has 0 amide bonds. The Morgan fingerprint density at radius 2 is 1.77 bits per heavy atom. The molecular formula is C21H22N2O3. The van der Waals surface area contributed by atoms with E-state index in [0.717, 1.165) is 28.2 Å². The van der Waals surface area contributed by atoms with Gasteiger partial charge in [-0.2, -0.15) is 4.98 Å². The van der Waals surface area contributed by atoms with Crippen LogP contribution in [0.25, 0.3) is 23.5 Å². The maximum atomic E-state index is 5.65. The Morgan fingerprint density at radius 1 is 0.962 bits per heavy atom. The van der Waals surface area contributed by atoms with Crippen LogP contribution < -0.4 is 9.47 Å². The molecule has 5 nitrogen and oxygen atoms in total. The van der Waals surface area contributed by atoms with Crippen LogP contribution in [0.2, 0.25) is 0 Å². The number of aryl methyl sites for hydroxylation is 1. The fourth-order valence-electron chi connectivity index (χ4n) is 2.54. The number of aromatic nitrogens is 2. The van der Waals surface area contributed by atoms with Crippen LogP contribution in [0.3, 0.4) is 0 Å². The summed E-state index contributed by atoms with van der Waals surface area (Å²) in [5.41, 5.74) is 3.06. The zero-order valence-electron chi connectivity index (χ0n) is 15.2. The van der Waals surface area contributed by atoms with Crippen molar-refractivity contribution in [1.29, 1.82) is 0 Å². The van der Waals surface area contributed by atoms with E-state index >= 15 is 0 Å². The van der Waals surface area contributed by atoms with Crippen LogP contribution in [-0.2, 0) is 0 Å². The smallest absolute Gasteiger partial charge is 0.250 e. The Labute approximate surface area is 153 Å². The third-order valence-electron chi connectivity index (χ3n) is 3.70. The largest absolute Gasteiger partial charge is 0.490 e. The molecule has 0 spiro atoms. The Balaban J connectivity index is 1.79. The highest BCUT2D eigenvalue weighted by atomic mass is 16.5. The summed E-state index contributed by atoms with van der Waals surface area (Å²) in [7, 11) is 0. The monoisotopic (exact) mass is 350 g/mol. The molecule has 26 heavy (non-hydrogen) atoms. The van der Waals surface area contributed by atoms with E-state index < -0.39 is 0 Å². The molecule has 0 saturated carbocycles. The SMILES string of the molecule is CCOc1ccc(/C=C/c2nc(-c3cccc(C)c3)no2)cc1OCC. The molecule has 1 aromatic heterocycles. The van der Waals surface area contributed by atoms with Crippen LogP contribution in [-0.4, -0.2) is 23.4 Å². The first kappa shape index (κ1) is 17.7. The van der Waals surface area contributed by atoms with Gasteiger partial charge in [0.2, 0.25) is 5.82 Å². The van der Waals surface area contributed by atoms with Gasteiger partial charge in [-0.15, -0.1) is 0 Å². The highest BCUT2D eigenvalue weighted by Gasteiger charge is 2.07. The third-order valence-corrected chi connectivity index (χ3v) is 3.70. The third kappa shape index (κ3) is 4.30. The summed E-state index contributed by atoms with van der Waals surface area (Å²) in [5.74, 6) is 2.50. The molecule has 0 N–H and O–H groups in total. The first-order valence-electron chi connectivity index (χ1n) is 8.68. The molecule has 134 valence electrons. The van der Waals surface area contributed by atoms with Gasteiger partial charge in [-0.3, -0.25) is 0 Å². The van der Waals surface area contributed by atoms with E-state index in [9.17, 15) is 0 Å². The van der Waals surface area contributed by atoms with Crippen molar-refractivity contribution in [3.05, 3.63) is 59.5 Å². The molecule has 3 aromatic rings. The first-order valence-corrected chi connectivity index (χ1v) is 8.68. The minimum Gasteiger partial charge on any atom is -0.490 e. The Hall–Kier alpha value is -3.08. The van der Waals surface area contributed by atoms with Gasteiger partial charge in [0.05, 0.1) is 13.2 Å². The lowest BCUT2D eigenvalue weighted by Crippen LogP contribution is -1.98. The molecule has 0 radical (unpaired) electrons. The minimum absolute atomic E-state index is 0.452. The van der Waals surface area contributed by atoms with Crippen LogP contribution in [0.15, 0.2) is 47.0 Å². The summed E-state index contributed by atoms with van der Waals surface area (Å²) in [5, 5.41) is 4.04. The molecule has 1 heterocycles. The van der Waals surface area contributed by atoms with Gasteiger partial charge in [0, 0.05) is 11.6 Å². The lowest BCUT2D eigenvalue weighted by Gasteiger charge is -2.11. The lowest BCUT2D eigenvalue weighted by atomic mass is 10.1. The van der Waals surface area contributed by atoms with Crippen LogP contribution in [0.1, 0.15) is 30.9 Å². The van der Waals surface area contributed by atoms with Crippen molar-refractivity contribution in [2.75, 3.05) is 13.2 Å². The molecule has 0 aliphatic carbocycles. The highest BCUT2D eigenvalue weighted by Crippen LogP contribution is 2.29. The summed E-state index contributed by atoms with van der Waals surface area (Å²) in [6.45, 7) is 7.11. The van der Waals surface area contributed by atoms with Crippen molar-refractivity contribution in [3.8, 4) is 22.9 Å². The van der Waals surface area contributed by atoms with E-state index in [-0.39, 0.29) is 0 Å². The number of rotatable bonds is 7. The number of hydrogen-bond donors (Lipinski definition) is 0. The van der Waals surface area contributed by atoms with Gasteiger partial charge < -0.3 is 14.0 Å². The summed E-state index contributed by atoms with van der Waals surface area (Å²) in [6.07, 6.45) is 3.70. The molecule has 0 aliphatic heterocycles. The quantitative estimate of drug-likeness (QED) is 0.599. The van der Waals surface area contributed by atoms with Crippen LogP contribution in [0.5, 0.6) is 11.5 Å². The molecule has 0 unspecified atom stereocenters. The first-order chi connectivity index (χ1) is 12.7. The molecule has 3 rings (SSSR count). The van der Waals surface area contributed by atoms with E-state index in [1.165, 1.54) is 0 Å². The number of hydrogen-bond acceptors (Lipinski definition) is 5. The van der Waals surface area contributed by atoms with Crippen LogP contribution in [0, 0.1) is 6.92 Å². The number of nitrogens with zero attached hydrogens (tertiary/aromatic N) is 2. The average Bonchev–Trinajstić information content (AvgIpc) is 3.11. The summed E-state index contributed by atoms with van der Waals surface area (Å²) >= 11 is 0. The molecule has 0 fully saturated rings. The number of ether oxygens (including phenoxy) is 2. The molecule has 2 aromatic carbocycles. The summed E-state index contributed by atoms with van der Waals surface area (Å²) < 4.78 is 16.5. The lowest BCUT2D eigenvalue weighted by molar-refractivity contribution is 0.287. The Bertz CT molecular complexity index is 900. The normalized spacial score (nSPS) is 11.0. The van der Waals surface area contributed by atoms with Gasteiger partial charge in [-0.25, -0.2) is 0 Å². The number of benzene rings is 2. The van der Waals surface area contributed by atoms with Crippen molar-refractivity contribution in [2.24, 2.45) is 0 Å². The van der Waals surface area contributed by atoms with Crippen molar-refractivity contribution < 1.29 is 14.0 Å². The van der Waals surface area contributed by atoms with Crippen molar-refractivity contribution in [3.63, 3.8) is 0 Å². The van der Waals surface area contributed by atoms with Crippen LogP contribution in [0.4, 0.5) is 0 Å². The fourth-order valence-corrected chi connectivity index (χ4v) is 2.54. The molecular weight excluding hydrogens is 328 g/mol. The van der Waals surface area contributed by atoms with Gasteiger partial charge >= 0.3 is 0 Å². The second-order valence-corrected chi connectivity index (χ2v) is 5.73. The van der Waals surface area contributed by atoms with Crippen molar-refractivity contribution >= 4 is 12.2 Å². The molecule has 0 atom stereocenters. The van der Waals surface area contributed by atoms with E-state index in [1.807, 2.05) is 69.3 Å². The van der Waals surface area contributed by atoms with Crippen molar-refractivity contribution in [2.45, 2.75) is 20.8 Å². The predicted octanol–water partition coefficient (Wildman–Crippen LogP) is 5.01. The molecule has 0 aliphatic rings. The van der Waals surface area contributed by atoms with Gasteiger partial charge in [-0.1, -0.05) is 35.0 Å². The second-order valence-electron chi connectivity index (χ2n) is 5.73. The van der Waals surface area contributed by atoms with E-state index in [0.29, 0.717) is 24.9 Å². The zero-order valence-corrected chi connectivity index (χ0v) is 15.2. The van der Waals surface area contributed by atoms with E-state index in [1.54, 1.807) is 6.08 Å². The van der Waals surface area contributed by atoms with Gasteiger partial charge in [0.15, 0.2) is 11.5 Å². The van der Waals surface area contributed by atoms with Crippen molar-refractivity contribution in [1.82, 2.24) is 10.1 Å². The fraction of sp³-hybridized carbons (Fsp3) is 0.238. The van der Waals surface area contributed by atoms with Gasteiger partial charge in [0.1, 0.15) is 0 Å². The average molecular weight is 350 g/mol. The Morgan fingerprint density at radius 3 is 2.54 bits per heavy atom. The maximum absolute atomic E-state index is 5.65. The minimum atomic E-state index is 0.452. The van der Waals surface area contributed by atoms with E-state index in [4.69, 9.17) is 14.0 Å². The molecule has 0 bridgehead atoms. The van der Waals surface area contributed by atoms with Gasteiger partial charge in [-0.05, 0) is 50.6 Å². The Kier molecular flexibility index (Phi) is 5.69. The van der Waals surface area contributed by atoms with Crippen LogP contribution >= 0.6 is 0 Å². The summed E-state index contributed by atoms with van der Waals surface area (Å²) in [4.78, 5) is 4.42.